The molecule has 1 heterocycles. The summed E-state index contributed by atoms with van der Waals surface area (Å²) in [5, 5.41) is 0.836. The lowest BCUT2D eigenvalue weighted by Gasteiger charge is -2.11. The van der Waals surface area contributed by atoms with Gasteiger partial charge < -0.3 is 0 Å². The Bertz CT molecular complexity index is 142. The van der Waals surface area contributed by atoms with E-state index < -0.39 is 0 Å². The van der Waals surface area contributed by atoms with Crippen LogP contribution in [0.25, 0.3) is 0 Å². The summed E-state index contributed by atoms with van der Waals surface area (Å²) in [6.45, 7) is 4.58. The number of hydrogen-bond donors (Lipinski definition) is 0. The standard InChI is InChI=1S/C9H16S2/c1-3-4-5-8-7(2)6-9(10)11-8/h7-8H,3-6H2,1-2H3/t7-,8-/m1/s1. The highest BCUT2D eigenvalue weighted by molar-refractivity contribution is 8.23. The molecule has 0 aromatic heterocycles. The number of rotatable bonds is 3. The topological polar surface area (TPSA) is 0 Å². The SMILES string of the molecule is CCCC[C@H]1SC(=S)C[C@H]1C. The maximum absolute atomic E-state index is 5.19. The fraction of sp³-hybridized carbons (Fsp3) is 0.889. The van der Waals surface area contributed by atoms with Gasteiger partial charge in [0, 0.05) is 9.45 Å². The van der Waals surface area contributed by atoms with Gasteiger partial charge in [0.1, 0.15) is 0 Å². The van der Waals surface area contributed by atoms with E-state index in [1.807, 2.05) is 11.8 Å². The largest absolute Gasteiger partial charge is 0.115 e. The molecule has 1 fully saturated rings. The summed E-state index contributed by atoms with van der Waals surface area (Å²) in [6.07, 6.45) is 5.22. The molecule has 0 amide bonds. The Hall–Kier alpha value is 0.440. The predicted molar refractivity (Wildman–Crippen MR) is 57.3 cm³/mol. The summed E-state index contributed by atoms with van der Waals surface area (Å²) in [5.41, 5.74) is 0. The van der Waals surface area contributed by atoms with Crippen molar-refractivity contribution < 1.29 is 0 Å². The van der Waals surface area contributed by atoms with Crippen molar-refractivity contribution >= 4 is 28.2 Å². The Morgan fingerprint density at radius 1 is 1.64 bits per heavy atom. The highest BCUT2D eigenvalue weighted by Gasteiger charge is 2.26. The molecule has 0 unspecified atom stereocenters. The van der Waals surface area contributed by atoms with Crippen LogP contribution in [0.5, 0.6) is 0 Å². The molecular formula is C9H16S2. The molecular weight excluding hydrogens is 172 g/mol. The zero-order chi connectivity index (χ0) is 8.27. The van der Waals surface area contributed by atoms with Crippen LogP contribution in [0.2, 0.25) is 0 Å². The van der Waals surface area contributed by atoms with Gasteiger partial charge in [-0.2, -0.15) is 0 Å². The average Bonchev–Trinajstić information content (AvgIpc) is 2.26. The first-order chi connectivity index (χ1) is 5.24. The van der Waals surface area contributed by atoms with Gasteiger partial charge in [-0.05, 0) is 18.8 Å². The molecule has 1 rings (SSSR count). The summed E-state index contributed by atoms with van der Waals surface area (Å²) >= 11 is 7.13. The summed E-state index contributed by atoms with van der Waals surface area (Å²) in [6, 6.07) is 0. The van der Waals surface area contributed by atoms with E-state index in [2.05, 4.69) is 13.8 Å². The third-order valence-corrected chi connectivity index (χ3v) is 4.14. The molecule has 64 valence electrons. The summed E-state index contributed by atoms with van der Waals surface area (Å²) < 4.78 is 1.23. The van der Waals surface area contributed by atoms with Gasteiger partial charge in [0.05, 0.1) is 0 Å². The normalized spacial score (nSPS) is 31.3. The van der Waals surface area contributed by atoms with Gasteiger partial charge >= 0.3 is 0 Å². The zero-order valence-electron chi connectivity index (χ0n) is 7.30. The predicted octanol–water partition coefficient (Wildman–Crippen LogP) is 3.65. The Kier molecular flexibility index (Phi) is 3.86. The highest BCUT2D eigenvalue weighted by Crippen LogP contribution is 2.37. The van der Waals surface area contributed by atoms with Gasteiger partial charge in [0.25, 0.3) is 0 Å². The second-order valence-corrected chi connectivity index (χ2v) is 5.44. The smallest absolute Gasteiger partial charge is 0.0484 e. The fourth-order valence-corrected chi connectivity index (χ4v) is 3.42. The maximum atomic E-state index is 5.19. The molecule has 2 heteroatoms. The molecule has 0 spiro atoms. The molecule has 0 aromatic rings. The van der Waals surface area contributed by atoms with Gasteiger partial charge in [-0.25, -0.2) is 0 Å². The Morgan fingerprint density at radius 2 is 2.36 bits per heavy atom. The highest BCUT2D eigenvalue weighted by atomic mass is 32.2. The summed E-state index contributed by atoms with van der Waals surface area (Å²) in [4.78, 5) is 0. The molecule has 1 aliphatic heterocycles. The van der Waals surface area contributed by atoms with Crippen LogP contribution in [0.3, 0.4) is 0 Å². The lowest BCUT2D eigenvalue weighted by molar-refractivity contribution is 0.541. The molecule has 1 aliphatic rings. The van der Waals surface area contributed by atoms with Crippen LogP contribution in [-0.4, -0.2) is 9.45 Å². The van der Waals surface area contributed by atoms with E-state index >= 15 is 0 Å². The number of hydrogen-bond acceptors (Lipinski definition) is 2. The molecule has 0 nitrogen and oxygen atoms in total. The van der Waals surface area contributed by atoms with Crippen LogP contribution in [0.15, 0.2) is 0 Å². The summed E-state index contributed by atoms with van der Waals surface area (Å²) in [5.74, 6) is 0.832. The molecule has 1 saturated heterocycles. The molecule has 11 heavy (non-hydrogen) atoms. The molecule has 2 atom stereocenters. The third-order valence-electron chi connectivity index (χ3n) is 2.25. The third kappa shape index (κ3) is 2.75. The average molecular weight is 188 g/mol. The minimum atomic E-state index is 0.832. The lowest BCUT2D eigenvalue weighted by Crippen LogP contribution is -2.06. The second-order valence-electron chi connectivity index (χ2n) is 3.35. The molecule has 0 N–H and O–H groups in total. The van der Waals surface area contributed by atoms with Crippen molar-refractivity contribution in [1.29, 1.82) is 0 Å². The summed E-state index contributed by atoms with van der Waals surface area (Å²) in [7, 11) is 0. The maximum Gasteiger partial charge on any atom is 0.0484 e. The van der Waals surface area contributed by atoms with Crippen molar-refractivity contribution in [3.8, 4) is 0 Å². The molecule has 0 radical (unpaired) electrons. The Labute approximate surface area is 79.1 Å². The van der Waals surface area contributed by atoms with Crippen LogP contribution >= 0.6 is 24.0 Å². The van der Waals surface area contributed by atoms with Crippen LogP contribution in [0.4, 0.5) is 0 Å². The Balaban J connectivity index is 2.28. The number of thioether (sulfide) groups is 1. The van der Waals surface area contributed by atoms with E-state index in [4.69, 9.17) is 12.2 Å². The van der Waals surface area contributed by atoms with Crippen molar-refractivity contribution in [3.63, 3.8) is 0 Å². The van der Waals surface area contributed by atoms with E-state index in [1.54, 1.807) is 0 Å². The Morgan fingerprint density at radius 3 is 2.82 bits per heavy atom. The molecule has 0 aromatic carbocycles. The molecule has 0 saturated carbocycles. The van der Waals surface area contributed by atoms with Crippen molar-refractivity contribution in [2.75, 3.05) is 0 Å². The zero-order valence-corrected chi connectivity index (χ0v) is 8.93. The first kappa shape index (κ1) is 9.53. The molecule has 0 bridgehead atoms. The van der Waals surface area contributed by atoms with Gasteiger partial charge in [0.2, 0.25) is 0 Å². The van der Waals surface area contributed by atoms with Gasteiger partial charge in [0.15, 0.2) is 0 Å². The fourth-order valence-electron chi connectivity index (χ4n) is 1.48. The monoisotopic (exact) mass is 188 g/mol. The number of unbranched alkanes of at least 4 members (excludes halogenated alkanes) is 1. The van der Waals surface area contributed by atoms with E-state index in [9.17, 15) is 0 Å². The quantitative estimate of drug-likeness (QED) is 0.620. The van der Waals surface area contributed by atoms with Gasteiger partial charge in [-0.15, -0.1) is 11.8 Å². The minimum Gasteiger partial charge on any atom is -0.115 e. The van der Waals surface area contributed by atoms with Crippen LogP contribution in [0.1, 0.15) is 39.5 Å². The van der Waals surface area contributed by atoms with Crippen LogP contribution < -0.4 is 0 Å². The van der Waals surface area contributed by atoms with Gasteiger partial charge in [-0.3, -0.25) is 0 Å². The van der Waals surface area contributed by atoms with Crippen LogP contribution in [-0.2, 0) is 0 Å². The van der Waals surface area contributed by atoms with Crippen molar-refractivity contribution in [3.05, 3.63) is 0 Å². The van der Waals surface area contributed by atoms with E-state index in [0.29, 0.717) is 0 Å². The van der Waals surface area contributed by atoms with Crippen molar-refractivity contribution in [1.82, 2.24) is 0 Å². The van der Waals surface area contributed by atoms with E-state index in [0.717, 1.165) is 11.2 Å². The second kappa shape index (κ2) is 4.46. The van der Waals surface area contributed by atoms with E-state index in [-0.39, 0.29) is 0 Å². The lowest BCUT2D eigenvalue weighted by atomic mass is 10.0. The number of thiocarbonyl (C=S) groups is 1. The van der Waals surface area contributed by atoms with Crippen molar-refractivity contribution in [2.24, 2.45) is 5.92 Å². The van der Waals surface area contributed by atoms with Crippen LogP contribution in [0, 0.1) is 5.92 Å². The first-order valence-corrected chi connectivity index (χ1v) is 5.72. The molecule has 0 aliphatic carbocycles. The van der Waals surface area contributed by atoms with Gasteiger partial charge in [-0.1, -0.05) is 38.9 Å². The minimum absolute atomic E-state index is 0.832. The van der Waals surface area contributed by atoms with E-state index in [1.165, 1.54) is 29.9 Å². The van der Waals surface area contributed by atoms with Crippen molar-refractivity contribution in [2.45, 2.75) is 44.8 Å². The first-order valence-electron chi connectivity index (χ1n) is 4.43.